The standard InChI is InChI=1S/C4H10O3S2.K.H/c1-2-7-3-4-9(5,6)8;;/h2-4H2,1H3,(H,5,6,8);;/q;+1;-1. The molecule has 0 aromatic carbocycles. The minimum atomic E-state index is -2.99. The fourth-order valence-corrected chi connectivity index (χ4v) is 0.841. The molecule has 0 heterocycles. The summed E-state index contributed by atoms with van der Waals surface area (Å²) in [4.78, 5) is 0. The van der Waals surface area contributed by atoms with Crippen LogP contribution in [0.4, 0.5) is 0 Å². The average molecular weight is 210 g/mol. The van der Waals surface area contributed by atoms with Crippen molar-refractivity contribution in [3.8, 4) is 0 Å². The van der Waals surface area contributed by atoms with E-state index < -0.39 is 8.77 Å². The van der Waals surface area contributed by atoms with Crippen molar-refractivity contribution in [2.45, 2.75) is 6.92 Å². The molecule has 58 valence electrons. The fraction of sp³-hybridized carbons (Fsp3) is 1.00. The van der Waals surface area contributed by atoms with Crippen molar-refractivity contribution in [1.29, 1.82) is 0 Å². The second-order valence-electron chi connectivity index (χ2n) is 1.48. The van der Waals surface area contributed by atoms with Gasteiger partial charge in [-0.15, -0.1) is 0 Å². The van der Waals surface area contributed by atoms with E-state index in [-0.39, 0.29) is 65.2 Å². The Kier molecular flexibility index (Phi) is 10.9. The Labute approximate surface area is 110 Å². The Morgan fingerprint density at radius 2 is 2.30 bits per heavy atom. The molecule has 0 fully saturated rings. The molecule has 0 aliphatic rings. The van der Waals surface area contributed by atoms with E-state index in [9.17, 15) is 4.21 Å². The number of rotatable bonds is 4. The van der Waals surface area contributed by atoms with Crippen LogP contribution in [-0.4, -0.2) is 27.7 Å². The van der Waals surface area contributed by atoms with Gasteiger partial charge < -0.3 is 10.7 Å². The molecule has 0 aromatic rings. The van der Waals surface area contributed by atoms with E-state index in [4.69, 9.17) is 9.29 Å². The second-order valence-corrected chi connectivity index (χ2v) is 4.62. The number of ether oxygens (including phenoxy) is 1. The topological polar surface area (TPSA) is 46.5 Å². The van der Waals surface area contributed by atoms with Gasteiger partial charge in [0.1, 0.15) is 8.77 Å². The third-order valence-corrected chi connectivity index (χ3v) is 1.87. The first kappa shape index (κ1) is 14.5. The SMILES string of the molecule is CCOCCS(=O)(O)=S.[H-].[K+]. The van der Waals surface area contributed by atoms with Crippen LogP contribution >= 0.6 is 0 Å². The molecule has 0 aliphatic heterocycles. The van der Waals surface area contributed by atoms with Gasteiger partial charge in [-0.25, -0.2) is 4.21 Å². The summed E-state index contributed by atoms with van der Waals surface area (Å²) in [6.45, 7) is 2.66. The Morgan fingerprint density at radius 3 is 2.60 bits per heavy atom. The van der Waals surface area contributed by atoms with Crippen LogP contribution in [0.25, 0.3) is 0 Å². The van der Waals surface area contributed by atoms with Crippen LogP contribution in [0, 0.1) is 0 Å². The first-order valence-electron chi connectivity index (χ1n) is 2.59. The summed E-state index contributed by atoms with van der Waals surface area (Å²) in [7, 11) is -2.99. The second kappa shape index (κ2) is 7.57. The molecule has 0 radical (unpaired) electrons. The van der Waals surface area contributed by atoms with Crippen molar-refractivity contribution in [2.75, 3.05) is 19.0 Å². The van der Waals surface area contributed by atoms with E-state index in [0.29, 0.717) is 6.61 Å². The molecule has 0 spiro atoms. The zero-order valence-corrected chi connectivity index (χ0v) is 11.0. The molecule has 0 rings (SSSR count). The van der Waals surface area contributed by atoms with Crippen LogP contribution in [0.1, 0.15) is 8.35 Å². The predicted molar refractivity (Wildman–Crippen MR) is 40.6 cm³/mol. The normalized spacial score (nSPS) is 15.4. The molecule has 0 saturated carbocycles. The third kappa shape index (κ3) is 12.6. The van der Waals surface area contributed by atoms with E-state index in [0.717, 1.165) is 0 Å². The Morgan fingerprint density at radius 1 is 1.80 bits per heavy atom. The summed E-state index contributed by atoms with van der Waals surface area (Å²) in [6, 6.07) is 0. The van der Waals surface area contributed by atoms with Gasteiger partial charge in [-0.05, 0) is 6.92 Å². The third-order valence-electron chi connectivity index (χ3n) is 0.690. The molecule has 0 bridgehead atoms. The molecular weight excluding hydrogens is 199 g/mol. The quantitative estimate of drug-likeness (QED) is 0.407. The molecule has 1 unspecified atom stereocenters. The van der Waals surface area contributed by atoms with Crippen molar-refractivity contribution >= 4 is 20.0 Å². The van der Waals surface area contributed by atoms with Gasteiger partial charge in [0.05, 0.1) is 12.4 Å². The average Bonchev–Trinajstić information content (AvgIpc) is 1.63. The molecule has 6 heteroatoms. The van der Waals surface area contributed by atoms with Gasteiger partial charge in [-0.2, -0.15) is 0 Å². The molecule has 0 aromatic heterocycles. The zero-order valence-electron chi connectivity index (χ0n) is 7.20. The minimum Gasteiger partial charge on any atom is -1.00 e. The largest absolute Gasteiger partial charge is 1.00 e. The van der Waals surface area contributed by atoms with Crippen LogP contribution in [0.2, 0.25) is 0 Å². The van der Waals surface area contributed by atoms with Crippen molar-refractivity contribution in [3.63, 3.8) is 0 Å². The van der Waals surface area contributed by atoms with E-state index in [1.807, 2.05) is 6.92 Å². The van der Waals surface area contributed by atoms with Crippen LogP contribution in [0.5, 0.6) is 0 Å². The van der Waals surface area contributed by atoms with Gasteiger partial charge in [-0.3, -0.25) is 0 Å². The maximum absolute atomic E-state index is 10.4. The summed E-state index contributed by atoms with van der Waals surface area (Å²) in [5, 5.41) is 0. The summed E-state index contributed by atoms with van der Waals surface area (Å²) in [6.07, 6.45) is 0. The first-order chi connectivity index (χ1) is 4.06. The van der Waals surface area contributed by atoms with Crippen LogP contribution in [0.15, 0.2) is 0 Å². The summed E-state index contributed by atoms with van der Waals surface area (Å²) < 4.78 is 23.7. The minimum absolute atomic E-state index is 0. The van der Waals surface area contributed by atoms with Gasteiger partial charge in [0.15, 0.2) is 0 Å². The van der Waals surface area contributed by atoms with Gasteiger partial charge in [0.25, 0.3) is 0 Å². The van der Waals surface area contributed by atoms with E-state index in [2.05, 4.69) is 11.2 Å². The predicted octanol–water partition coefficient (Wildman–Crippen LogP) is -2.64. The monoisotopic (exact) mass is 210 g/mol. The van der Waals surface area contributed by atoms with E-state index >= 15 is 0 Å². The van der Waals surface area contributed by atoms with Gasteiger partial charge in [-0.1, -0.05) is 0 Å². The summed E-state index contributed by atoms with van der Waals surface area (Å²) in [5.41, 5.74) is 0. The molecule has 0 saturated heterocycles. The van der Waals surface area contributed by atoms with Crippen molar-refractivity contribution in [2.24, 2.45) is 0 Å². The molecule has 3 nitrogen and oxygen atoms in total. The maximum Gasteiger partial charge on any atom is 1.00 e. The fourth-order valence-electron chi connectivity index (χ4n) is 0.309. The number of hydrogen-bond donors (Lipinski definition) is 1. The zero-order chi connectivity index (χ0) is 7.33. The first-order valence-corrected chi connectivity index (χ1v) is 5.20. The van der Waals surface area contributed by atoms with Crippen molar-refractivity contribution in [3.05, 3.63) is 0 Å². The maximum atomic E-state index is 10.4. The van der Waals surface area contributed by atoms with Crippen LogP contribution in [0.3, 0.4) is 0 Å². The molecule has 1 atom stereocenters. The van der Waals surface area contributed by atoms with Gasteiger partial charge >= 0.3 is 51.4 Å². The van der Waals surface area contributed by atoms with Crippen molar-refractivity contribution in [1.82, 2.24) is 0 Å². The van der Waals surface area contributed by atoms with E-state index in [1.165, 1.54) is 0 Å². The number of hydrogen-bond acceptors (Lipinski definition) is 3. The Hall–Kier alpha value is 1.93. The summed E-state index contributed by atoms with van der Waals surface area (Å²) in [5.74, 6) is 0.0518. The van der Waals surface area contributed by atoms with Crippen LogP contribution < -0.4 is 51.4 Å². The van der Waals surface area contributed by atoms with Gasteiger partial charge in [0, 0.05) is 17.8 Å². The molecule has 1 N–H and O–H groups in total. The molecule has 10 heavy (non-hydrogen) atoms. The van der Waals surface area contributed by atoms with E-state index in [1.54, 1.807) is 0 Å². The Balaban J connectivity index is -0.000000320. The van der Waals surface area contributed by atoms with Crippen LogP contribution in [-0.2, 0) is 24.7 Å². The van der Waals surface area contributed by atoms with Gasteiger partial charge in [0.2, 0.25) is 0 Å². The van der Waals surface area contributed by atoms with Crippen molar-refractivity contribution < 1.29 is 66.3 Å². The smallest absolute Gasteiger partial charge is 1.00 e. The summed E-state index contributed by atoms with van der Waals surface area (Å²) >= 11 is 4.20. The Bertz CT molecular complexity index is 159. The molecular formula is C4H11KO3S2. The molecule has 0 aliphatic carbocycles. The molecule has 0 amide bonds.